The van der Waals surface area contributed by atoms with Gasteiger partial charge in [0.05, 0.1) is 20.8 Å². The molecule has 0 unspecified atom stereocenters. The number of urea groups is 1. The fourth-order valence-corrected chi connectivity index (χ4v) is 4.70. The first-order valence-electron chi connectivity index (χ1n) is 12.2. The maximum Gasteiger partial charge on any atom is 0.335 e. The number of ether oxygens (including phenoxy) is 2. The first kappa shape index (κ1) is 29.2. The molecule has 41 heavy (non-hydrogen) atoms. The van der Waals surface area contributed by atoms with Crippen molar-refractivity contribution in [3.05, 3.63) is 91.0 Å². The molecular weight excluding hydrogens is 647 g/mol. The minimum absolute atomic E-state index is 0.0718. The molecule has 0 spiro atoms. The van der Waals surface area contributed by atoms with Gasteiger partial charge in [-0.05, 0) is 77.9 Å². The number of nitro groups is 1. The molecule has 4 rings (SSSR count). The van der Waals surface area contributed by atoms with E-state index in [0.717, 1.165) is 11.6 Å². The van der Waals surface area contributed by atoms with E-state index in [9.17, 15) is 29.3 Å². The number of carbonyl (C=O) groups excluding carboxylic acids is 4. The lowest BCUT2D eigenvalue weighted by molar-refractivity contribution is -0.384. The molecule has 1 saturated heterocycles. The second-order valence-corrected chi connectivity index (χ2v) is 9.81. The number of hydrogen-bond donors (Lipinski definition) is 2. The van der Waals surface area contributed by atoms with Gasteiger partial charge in [0.25, 0.3) is 23.4 Å². The maximum atomic E-state index is 13.3. The first-order valence-corrected chi connectivity index (χ1v) is 13.3. The SMILES string of the molecule is CCOc1cc(/C=C2/C(=O)NC(=O)N(c3cccc([N+](=O)[O-])c3)C2=O)cc(I)c1OCC(=O)Nc1ccccc1C. The van der Waals surface area contributed by atoms with Crippen LogP contribution in [0.25, 0.3) is 6.08 Å². The van der Waals surface area contributed by atoms with Gasteiger partial charge >= 0.3 is 6.03 Å². The molecule has 3 aromatic rings. The Morgan fingerprint density at radius 1 is 1.10 bits per heavy atom. The number of hydrogen-bond acceptors (Lipinski definition) is 8. The van der Waals surface area contributed by atoms with Crippen LogP contribution in [0, 0.1) is 20.6 Å². The Morgan fingerprint density at radius 3 is 2.56 bits per heavy atom. The van der Waals surface area contributed by atoms with E-state index in [1.807, 2.05) is 47.7 Å². The highest BCUT2D eigenvalue weighted by atomic mass is 127. The van der Waals surface area contributed by atoms with E-state index in [-0.39, 0.29) is 41.8 Å². The first-order chi connectivity index (χ1) is 19.6. The van der Waals surface area contributed by atoms with Gasteiger partial charge in [-0.15, -0.1) is 0 Å². The van der Waals surface area contributed by atoms with Gasteiger partial charge in [0.2, 0.25) is 0 Å². The van der Waals surface area contributed by atoms with E-state index < -0.39 is 22.8 Å². The average Bonchev–Trinajstić information content (AvgIpc) is 2.92. The van der Waals surface area contributed by atoms with Crippen LogP contribution in [0.15, 0.2) is 66.2 Å². The molecule has 3 aromatic carbocycles. The number of amides is 5. The predicted octanol–water partition coefficient (Wildman–Crippen LogP) is 4.59. The average molecular weight is 670 g/mol. The molecule has 1 fully saturated rings. The summed E-state index contributed by atoms with van der Waals surface area (Å²) in [5.74, 6) is -1.70. The highest BCUT2D eigenvalue weighted by molar-refractivity contribution is 14.1. The summed E-state index contributed by atoms with van der Waals surface area (Å²) in [5, 5.41) is 16.0. The van der Waals surface area contributed by atoms with Crippen LogP contribution in [-0.4, -0.2) is 41.9 Å². The molecule has 12 nitrogen and oxygen atoms in total. The van der Waals surface area contributed by atoms with Crippen LogP contribution in [0.5, 0.6) is 11.5 Å². The van der Waals surface area contributed by atoms with Crippen molar-refractivity contribution in [1.82, 2.24) is 5.32 Å². The molecule has 0 atom stereocenters. The zero-order valence-corrected chi connectivity index (χ0v) is 24.0. The second kappa shape index (κ2) is 12.6. The topological polar surface area (TPSA) is 157 Å². The van der Waals surface area contributed by atoms with Gasteiger partial charge in [-0.1, -0.05) is 24.3 Å². The van der Waals surface area contributed by atoms with Crippen molar-refractivity contribution in [2.24, 2.45) is 0 Å². The number of barbiturate groups is 1. The van der Waals surface area contributed by atoms with Crippen molar-refractivity contribution >= 4 is 69.5 Å². The van der Waals surface area contributed by atoms with Crippen LogP contribution in [0.3, 0.4) is 0 Å². The molecule has 0 saturated carbocycles. The number of nitro benzene ring substituents is 1. The standard InChI is InChI=1S/C28H23IN4O8/c1-3-40-23-13-17(12-21(29)25(23)41-15-24(34)30-22-10-5-4-7-16(22)2)11-20-26(35)31-28(37)32(27(20)36)18-8-6-9-19(14-18)33(38)39/h4-14H,3,15H2,1-2H3,(H,30,34)(H,31,35,37)/b20-11-. The van der Waals surface area contributed by atoms with Crippen LogP contribution in [0.1, 0.15) is 18.1 Å². The molecule has 13 heteroatoms. The number of carbonyl (C=O) groups is 4. The highest BCUT2D eigenvalue weighted by Crippen LogP contribution is 2.35. The van der Waals surface area contributed by atoms with Crippen molar-refractivity contribution in [2.75, 3.05) is 23.4 Å². The summed E-state index contributed by atoms with van der Waals surface area (Å²) in [6, 6.07) is 14.4. The van der Waals surface area contributed by atoms with Gasteiger partial charge in [-0.3, -0.25) is 29.8 Å². The maximum absolute atomic E-state index is 13.3. The summed E-state index contributed by atoms with van der Waals surface area (Å²) in [6.07, 6.45) is 1.27. The zero-order chi connectivity index (χ0) is 29.7. The van der Waals surface area contributed by atoms with Gasteiger partial charge in [-0.2, -0.15) is 0 Å². The number of aryl methyl sites for hydroxylation is 1. The normalized spacial score (nSPS) is 14.1. The van der Waals surface area contributed by atoms with Gasteiger partial charge < -0.3 is 14.8 Å². The summed E-state index contributed by atoms with van der Waals surface area (Å²) >= 11 is 1.98. The fourth-order valence-electron chi connectivity index (χ4n) is 3.92. The largest absolute Gasteiger partial charge is 0.490 e. The number of nitrogens with one attached hydrogen (secondary N) is 2. The summed E-state index contributed by atoms with van der Waals surface area (Å²) < 4.78 is 12.0. The molecule has 1 heterocycles. The van der Waals surface area contributed by atoms with Gasteiger partial charge in [0.1, 0.15) is 5.57 Å². The van der Waals surface area contributed by atoms with Gasteiger partial charge in [-0.25, -0.2) is 9.69 Å². The van der Waals surface area contributed by atoms with Crippen molar-refractivity contribution in [2.45, 2.75) is 13.8 Å². The summed E-state index contributed by atoms with van der Waals surface area (Å²) in [7, 11) is 0. The molecule has 1 aliphatic heterocycles. The summed E-state index contributed by atoms with van der Waals surface area (Å²) in [5.41, 5.74) is 1.16. The Labute approximate surface area is 247 Å². The lowest BCUT2D eigenvalue weighted by Gasteiger charge is -2.26. The molecule has 5 amide bonds. The van der Waals surface area contributed by atoms with Crippen molar-refractivity contribution in [3.63, 3.8) is 0 Å². The third-order valence-corrected chi connectivity index (χ3v) is 6.61. The van der Waals surface area contributed by atoms with Crippen LogP contribution < -0.4 is 25.0 Å². The third-order valence-electron chi connectivity index (χ3n) is 5.81. The van der Waals surface area contributed by atoms with Crippen molar-refractivity contribution in [1.29, 1.82) is 0 Å². The molecule has 1 aliphatic rings. The smallest absolute Gasteiger partial charge is 0.335 e. The predicted molar refractivity (Wildman–Crippen MR) is 158 cm³/mol. The van der Waals surface area contributed by atoms with Crippen LogP contribution in [-0.2, 0) is 14.4 Å². The van der Waals surface area contributed by atoms with E-state index >= 15 is 0 Å². The van der Waals surface area contributed by atoms with Crippen LogP contribution in [0.2, 0.25) is 0 Å². The molecule has 0 aromatic heterocycles. The van der Waals surface area contributed by atoms with E-state index in [1.54, 1.807) is 19.1 Å². The Morgan fingerprint density at radius 2 is 1.85 bits per heavy atom. The van der Waals surface area contributed by atoms with E-state index in [0.29, 0.717) is 25.5 Å². The monoisotopic (exact) mass is 670 g/mol. The summed E-state index contributed by atoms with van der Waals surface area (Å²) in [6.45, 7) is 3.59. The Balaban J connectivity index is 1.60. The summed E-state index contributed by atoms with van der Waals surface area (Å²) in [4.78, 5) is 62.1. The molecule has 0 aliphatic carbocycles. The van der Waals surface area contributed by atoms with Crippen LogP contribution in [0.4, 0.5) is 21.9 Å². The van der Waals surface area contributed by atoms with E-state index in [4.69, 9.17) is 9.47 Å². The third kappa shape index (κ3) is 6.69. The molecule has 2 N–H and O–H groups in total. The Kier molecular flexibility index (Phi) is 8.97. The molecular formula is C28H23IN4O8. The van der Waals surface area contributed by atoms with Gasteiger partial charge in [0, 0.05) is 17.8 Å². The number of nitrogens with zero attached hydrogens (tertiary/aromatic N) is 2. The number of non-ortho nitro benzene ring substituents is 1. The Hall–Kier alpha value is -4.79. The Bertz CT molecular complexity index is 1600. The van der Waals surface area contributed by atoms with Gasteiger partial charge in [0.15, 0.2) is 18.1 Å². The number of anilines is 2. The lowest BCUT2D eigenvalue weighted by atomic mass is 10.1. The van der Waals surface area contributed by atoms with Crippen molar-refractivity contribution < 1.29 is 33.6 Å². The quantitative estimate of drug-likeness (QED) is 0.110. The lowest BCUT2D eigenvalue weighted by Crippen LogP contribution is -2.54. The molecule has 210 valence electrons. The minimum atomic E-state index is -1.03. The van der Waals surface area contributed by atoms with Crippen LogP contribution >= 0.6 is 22.6 Å². The number of rotatable bonds is 9. The van der Waals surface area contributed by atoms with Crippen molar-refractivity contribution in [3.8, 4) is 11.5 Å². The number of halogens is 1. The van der Waals surface area contributed by atoms with E-state index in [2.05, 4.69) is 10.6 Å². The second-order valence-electron chi connectivity index (χ2n) is 8.65. The molecule has 0 radical (unpaired) electrons. The number of benzene rings is 3. The zero-order valence-electron chi connectivity index (χ0n) is 21.8. The number of imide groups is 2. The fraction of sp³-hybridized carbons (Fsp3) is 0.143. The molecule has 0 bridgehead atoms. The number of para-hydroxylation sites is 1. The minimum Gasteiger partial charge on any atom is -0.490 e. The highest BCUT2D eigenvalue weighted by Gasteiger charge is 2.37. The van der Waals surface area contributed by atoms with E-state index in [1.165, 1.54) is 30.3 Å².